The number of rotatable bonds is 5. The number of carbonyl (C=O) groups excluding carboxylic acids is 3. The second-order valence-electron chi connectivity index (χ2n) is 6.03. The molecule has 1 saturated carbocycles. The summed E-state index contributed by atoms with van der Waals surface area (Å²) in [7, 11) is 0. The van der Waals surface area contributed by atoms with Crippen LogP contribution in [0.3, 0.4) is 0 Å². The van der Waals surface area contributed by atoms with E-state index >= 15 is 0 Å². The van der Waals surface area contributed by atoms with Gasteiger partial charge in [0.1, 0.15) is 5.41 Å². The zero-order valence-corrected chi connectivity index (χ0v) is 13.8. The molecule has 2 rings (SSSR count). The van der Waals surface area contributed by atoms with Crippen molar-refractivity contribution in [1.82, 2.24) is 10.2 Å². The second kappa shape index (κ2) is 5.99. The zero-order valence-electron chi connectivity index (χ0n) is 13.0. The Bertz CT molecular complexity index is 446. The molecule has 0 unspecified atom stereocenters. The SMILES string of the molecule is CCC(CC)(CN1C(=O)NC(=O)C2(CCCC2)C1=O)SC. The van der Waals surface area contributed by atoms with Gasteiger partial charge in [-0.3, -0.25) is 19.8 Å². The van der Waals surface area contributed by atoms with E-state index in [-0.39, 0.29) is 10.7 Å². The quantitative estimate of drug-likeness (QED) is 0.792. The molecule has 1 spiro atoms. The van der Waals surface area contributed by atoms with Crippen LogP contribution < -0.4 is 5.32 Å². The van der Waals surface area contributed by atoms with E-state index in [9.17, 15) is 14.4 Å². The smallest absolute Gasteiger partial charge is 0.277 e. The summed E-state index contributed by atoms with van der Waals surface area (Å²) in [5.74, 6) is -0.678. The predicted octanol–water partition coefficient (Wildman–Crippen LogP) is 2.55. The van der Waals surface area contributed by atoms with Crippen molar-refractivity contribution in [2.45, 2.75) is 57.1 Å². The number of carbonyl (C=O) groups is 3. The summed E-state index contributed by atoms with van der Waals surface area (Å²) in [5.41, 5.74) is -0.987. The molecule has 2 fully saturated rings. The lowest BCUT2D eigenvalue weighted by Gasteiger charge is -2.41. The Labute approximate surface area is 130 Å². The first-order valence-corrected chi connectivity index (χ1v) is 8.89. The van der Waals surface area contributed by atoms with Crippen LogP contribution in [0.15, 0.2) is 0 Å². The van der Waals surface area contributed by atoms with Gasteiger partial charge in [0.15, 0.2) is 0 Å². The van der Waals surface area contributed by atoms with Gasteiger partial charge in [-0.15, -0.1) is 0 Å². The summed E-state index contributed by atoms with van der Waals surface area (Å²) in [6.45, 7) is 4.52. The number of urea groups is 1. The van der Waals surface area contributed by atoms with E-state index in [2.05, 4.69) is 19.2 Å². The van der Waals surface area contributed by atoms with Gasteiger partial charge in [0.25, 0.3) is 0 Å². The predicted molar refractivity (Wildman–Crippen MR) is 83.0 cm³/mol. The van der Waals surface area contributed by atoms with E-state index in [0.29, 0.717) is 19.4 Å². The minimum Gasteiger partial charge on any atom is -0.277 e. The van der Waals surface area contributed by atoms with Crippen molar-refractivity contribution in [1.29, 1.82) is 0 Å². The Balaban J connectivity index is 2.28. The first kappa shape index (κ1) is 16.3. The van der Waals surface area contributed by atoms with Crippen molar-refractivity contribution in [2.75, 3.05) is 12.8 Å². The number of barbiturate groups is 1. The fraction of sp³-hybridized carbons (Fsp3) is 0.800. The minimum atomic E-state index is -0.987. The van der Waals surface area contributed by atoms with E-state index in [1.54, 1.807) is 11.8 Å². The third kappa shape index (κ3) is 2.58. The van der Waals surface area contributed by atoms with Gasteiger partial charge >= 0.3 is 6.03 Å². The molecule has 1 aliphatic heterocycles. The van der Waals surface area contributed by atoms with E-state index in [1.165, 1.54) is 4.90 Å². The number of nitrogens with one attached hydrogen (secondary N) is 1. The lowest BCUT2D eigenvalue weighted by molar-refractivity contribution is -0.151. The number of hydrogen-bond donors (Lipinski definition) is 1. The van der Waals surface area contributed by atoms with E-state index in [1.807, 2.05) is 6.26 Å². The summed E-state index contributed by atoms with van der Waals surface area (Å²) < 4.78 is -0.132. The maximum atomic E-state index is 12.8. The van der Waals surface area contributed by atoms with Gasteiger partial charge in [0, 0.05) is 11.3 Å². The number of amides is 4. The molecule has 5 nitrogen and oxygen atoms in total. The monoisotopic (exact) mass is 312 g/mol. The lowest BCUT2D eigenvalue weighted by atomic mass is 9.81. The molecule has 0 radical (unpaired) electrons. The van der Waals surface area contributed by atoms with Crippen LogP contribution in [0.2, 0.25) is 0 Å². The van der Waals surface area contributed by atoms with Gasteiger partial charge in [-0.05, 0) is 31.9 Å². The molecule has 1 aliphatic carbocycles. The summed E-state index contributed by atoms with van der Waals surface area (Å²) in [6.07, 6.45) is 6.63. The molecule has 4 amide bonds. The fourth-order valence-electron chi connectivity index (χ4n) is 3.41. The highest BCUT2D eigenvalue weighted by Gasteiger charge is 2.55. The lowest BCUT2D eigenvalue weighted by Crippen LogP contribution is -2.65. The highest BCUT2D eigenvalue weighted by molar-refractivity contribution is 8.00. The highest BCUT2D eigenvalue weighted by Crippen LogP contribution is 2.43. The van der Waals surface area contributed by atoms with Gasteiger partial charge in [-0.25, -0.2) is 4.79 Å². The number of thioether (sulfide) groups is 1. The largest absolute Gasteiger partial charge is 0.330 e. The molecule has 1 saturated heterocycles. The van der Waals surface area contributed by atoms with Crippen molar-refractivity contribution < 1.29 is 14.4 Å². The van der Waals surface area contributed by atoms with Crippen LogP contribution in [0.1, 0.15) is 52.4 Å². The third-order valence-corrected chi connectivity index (χ3v) is 6.75. The molecular weight excluding hydrogens is 288 g/mol. The van der Waals surface area contributed by atoms with Crippen LogP contribution in [0.25, 0.3) is 0 Å². The minimum absolute atomic E-state index is 0.132. The van der Waals surface area contributed by atoms with Gasteiger partial charge in [0.2, 0.25) is 11.8 Å². The first-order chi connectivity index (χ1) is 9.94. The summed E-state index contributed by atoms with van der Waals surface area (Å²) >= 11 is 1.69. The topological polar surface area (TPSA) is 66.5 Å². The van der Waals surface area contributed by atoms with Crippen LogP contribution in [-0.2, 0) is 9.59 Å². The summed E-state index contributed by atoms with van der Waals surface area (Å²) in [6, 6.07) is -0.553. The Morgan fingerprint density at radius 3 is 2.24 bits per heavy atom. The van der Waals surface area contributed by atoms with E-state index in [4.69, 9.17) is 0 Å². The Morgan fingerprint density at radius 2 is 1.76 bits per heavy atom. The van der Waals surface area contributed by atoms with Crippen LogP contribution >= 0.6 is 11.8 Å². The Kier molecular flexibility index (Phi) is 4.66. The normalized spacial score (nSPS) is 22.0. The van der Waals surface area contributed by atoms with E-state index in [0.717, 1.165) is 25.7 Å². The number of imide groups is 2. The average Bonchev–Trinajstić information content (AvgIpc) is 2.98. The molecule has 2 aliphatic rings. The molecule has 0 aromatic heterocycles. The summed E-state index contributed by atoms with van der Waals surface area (Å²) in [4.78, 5) is 38.4. The molecule has 118 valence electrons. The maximum Gasteiger partial charge on any atom is 0.330 e. The van der Waals surface area contributed by atoms with Crippen molar-refractivity contribution >= 4 is 29.6 Å². The third-order valence-electron chi connectivity index (χ3n) is 5.18. The summed E-state index contributed by atoms with van der Waals surface area (Å²) in [5, 5.41) is 2.41. The molecular formula is C15H24N2O3S. The molecule has 0 atom stereocenters. The van der Waals surface area contributed by atoms with Crippen LogP contribution in [-0.4, -0.2) is 40.3 Å². The van der Waals surface area contributed by atoms with Gasteiger partial charge in [-0.1, -0.05) is 26.7 Å². The average molecular weight is 312 g/mol. The van der Waals surface area contributed by atoms with Crippen LogP contribution in [0.4, 0.5) is 4.79 Å². The molecule has 6 heteroatoms. The molecule has 21 heavy (non-hydrogen) atoms. The number of nitrogens with zero attached hydrogens (tertiary/aromatic N) is 1. The van der Waals surface area contributed by atoms with Crippen LogP contribution in [0, 0.1) is 5.41 Å². The first-order valence-electron chi connectivity index (χ1n) is 7.67. The fourth-order valence-corrected chi connectivity index (χ4v) is 4.25. The van der Waals surface area contributed by atoms with Crippen molar-refractivity contribution in [3.05, 3.63) is 0 Å². The molecule has 1 N–H and O–H groups in total. The zero-order chi connectivity index (χ0) is 15.7. The van der Waals surface area contributed by atoms with Gasteiger partial charge < -0.3 is 0 Å². The molecule has 1 heterocycles. The van der Waals surface area contributed by atoms with Crippen molar-refractivity contribution in [3.8, 4) is 0 Å². The van der Waals surface area contributed by atoms with Gasteiger partial charge in [0.05, 0.1) is 0 Å². The molecule has 0 aromatic carbocycles. The van der Waals surface area contributed by atoms with Crippen molar-refractivity contribution in [3.63, 3.8) is 0 Å². The number of hydrogen-bond acceptors (Lipinski definition) is 4. The maximum absolute atomic E-state index is 12.8. The second-order valence-corrected chi connectivity index (χ2v) is 7.31. The molecule has 0 aromatic rings. The highest BCUT2D eigenvalue weighted by atomic mass is 32.2. The van der Waals surface area contributed by atoms with Crippen molar-refractivity contribution in [2.24, 2.45) is 5.41 Å². The van der Waals surface area contributed by atoms with Crippen LogP contribution in [0.5, 0.6) is 0 Å². The van der Waals surface area contributed by atoms with Gasteiger partial charge in [-0.2, -0.15) is 11.8 Å². The Morgan fingerprint density at radius 1 is 1.19 bits per heavy atom. The Hall–Kier alpha value is -1.04. The van der Waals surface area contributed by atoms with E-state index < -0.39 is 17.4 Å². The molecule has 0 bridgehead atoms. The standard InChI is InChI=1S/C15H24N2O3S/c1-4-14(5-2,21-3)10-17-12(19)15(8-6-7-9-15)11(18)16-13(17)20/h4-10H2,1-3H3,(H,16,18,20).